The van der Waals surface area contributed by atoms with E-state index < -0.39 is 0 Å². The van der Waals surface area contributed by atoms with Crippen molar-refractivity contribution in [2.75, 3.05) is 0 Å². The van der Waals surface area contributed by atoms with E-state index in [1.54, 1.807) is 11.1 Å². The van der Waals surface area contributed by atoms with Crippen LogP contribution in [0, 0.1) is 6.92 Å². The van der Waals surface area contributed by atoms with Crippen LogP contribution in [0.1, 0.15) is 46.5 Å². The number of unbranched alkanes of at least 4 members (excludes halogenated alkanes) is 1. The van der Waals surface area contributed by atoms with Gasteiger partial charge in [0.2, 0.25) is 0 Å². The van der Waals surface area contributed by atoms with E-state index in [4.69, 9.17) is 0 Å². The van der Waals surface area contributed by atoms with Crippen LogP contribution >= 0.6 is 0 Å². The van der Waals surface area contributed by atoms with Gasteiger partial charge in [-0.25, -0.2) is 0 Å². The zero-order valence-corrected chi connectivity index (χ0v) is 21.0. The van der Waals surface area contributed by atoms with Crippen molar-refractivity contribution >= 4 is 12.0 Å². The minimum atomic E-state index is -0.343. The van der Waals surface area contributed by atoms with Crippen LogP contribution in [0.2, 0.25) is 13.1 Å². The van der Waals surface area contributed by atoms with Crippen LogP contribution in [0.4, 0.5) is 0 Å². The molecule has 0 fully saturated rings. The molecule has 1 aliphatic carbocycles. The quantitative estimate of drug-likeness (QED) is 0.531. The molecule has 0 saturated heterocycles. The summed E-state index contributed by atoms with van der Waals surface area (Å²) < 4.78 is 0.837. The fraction of sp³-hybridized carbons (Fsp3) is 0.364. The topological polar surface area (TPSA) is 0 Å². The molecule has 0 saturated carbocycles. The van der Waals surface area contributed by atoms with Crippen molar-refractivity contribution in [2.24, 2.45) is 0 Å². The Morgan fingerprint density at radius 1 is 1.00 bits per heavy atom. The molecule has 1 radical (unpaired) electrons. The summed E-state index contributed by atoms with van der Waals surface area (Å²) in [6.45, 7) is 9.52. The van der Waals surface area contributed by atoms with Gasteiger partial charge in [0.25, 0.3) is 0 Å². The van der Waals surface area contributed by atoms with Crippen LogP contribution in [-0.4, -0.2) is 5.92 Å². The maximum absolute atomic E-state index is 2.57. The molecule has 1 aliphatic rings. The van der Waals surface area contributed by atoms with E-state index >= 15 is 0 Å². The summed E-state index contributed by atoms with van der Waals surface area (Å²) in [6.07, 6.45) is 6.51. The normalized spacial score (nSPS) is 14.8. The van der Waals surface area contributed by atoms with Gasteiger partial charge in [0.05, 0.1) is 0 Å². The van der Waals surface area contributed by atoms with Gasteiger partial charge in [-0.3, -0.25) is 0 Å². The number of halogens is 2. The van der Waals surface area contributed by atoms with E-state index in [2.05, 4.69) is 75.5 Å². The van der Waals surface area contributed by atoms with Crippen molar-refractivity contribution in [1.29, 1.82) is 0 Å². The Bertz CT molecular complexity index is 738. The smallest absolute Gasteiger partial charge is 1.00 e. The number of allylic oxidation sites excluding steroid dienone is 1. The molecular formula is C22H27Cl2SiZr. The molecule has 2 aromatic carbocycles. The Morgan fingerprint density at radius 3 is 2.31 bits per heavy atom. The van der Waals surface area contributed by atoms with Gasteiger partial charge in [0, 0.05) is 0 Å². The number of benzene rings is 2. The van der Waals surface area contributed by atoms with Crippen LogP contribution in [-0.2, 0) is 22.4 Å². The summed E-state index contributed by atoms with van der Waals surface area (Å²) in [7, 11) is 0. The number of rotatable bonds is 6. The van der Waals surface area contributed by atoms with E-state index in [-0.39, 0.29) is 53.1 Å². The predicted octanol–water partition coefficient (Wildman–Crippen LogP) is 0.632. The van der Waals surface area contributed by atoms with Gasteiger partial charge in [-0.05, 0) is 0 Å². The fourth-order valence-electron chi connectivity index (χ4n) is 3.51. The molecule has 0 aromatic heterocycles. The van der Waals surface area contributed by atoms with E-state index in [1.165, 1.54) is 41.5 Å². The molecule has 0 heterocycles. The third-order valence-corrected chi connectivity index (χ3v) is 13.7. The van der Waals surface area contributed by atoms with Crippen LogP contribution in [0.25, 0.3) is 17.2 Å². The van der Waals surface area contributed by atoms with Crippen molar-refractivity contribution in [3.63, 3.8) is 0 Å². The third-order valence-electron chi connectivity index (χ3n) is 4.77. The molecule has 0 bridgehead atoms. The summed E-state index contributed by atoms with van der Waals surface area (Å²) in [6, 6.07) is 16.1. The largest absolute Gasteiger partial charge is 1.00 e. The van der Waals surface area contributed by atoms with Crippen LogP contribution < -0.4 is 24.8 Å². The second kappa shape index (κ2) is 11.0. The zero-order valence-electron chi connectivity index (χ0n) is 16.1. The molecule has 1 atom stereocenters. The molecule has 3 rings (SSSR count). The van der Waals surface area contributed by atoms with Crippen molar-refractivity contribution < 1.29 is 47.2 Å². The van der Waals surface area contributed by atoms with Crippen LogP contribution in [0.5, 0.6) is 0 Å². The Kier molecular flexibility index (Phi) is 10.1. The molecule has 0 aliphatic heterocycles. The van der Waals surface area contributed by atoms with Gasteiger partial charge in [-0.2, -0.15) is 0 Å². The third kappa shape index (κ3) is 5.44. The van der Waals surface area contributed by atoms with Gasteiger partial charge in [-0.15, -0.1) is 0 Å². The Balaban J connectivity index is 0.00000169. The van der Waals surface area contributed by atoms with Gasteiger partial charge in [-0.1, -0.05) is 0 Å². The van der Waals surface area contributed by atoms with E-state index in [0.29, 0.717) is 0 Å². The summed E-state index contributed by atoms with van der Waals surface area (Å²) in [4.78, 5) is 0. The second-order valence-electron chi connectivity index (χ2n) is 7.07. The van der Waals surface area contributed by atoms with E-state index in [0.717, 1.165) is 3.63 Å². The van der Waals surface area contributed by atoms with Crippen molar-refractivity contribution in [2.45, 2.75) is 49.8 Å². The van der Waals surface area contributed by atoms with Gasteiger partial charge < -0.3 is 24.8 Å². The number of aryl methyl sites for hydroxylation is 1. The molecule has 2 aromatic rings. The number of fused-ring (bicyclic) bond motifs is 1. The van der Waals surface area contributed by atoms with Crippen LogP contribution in [0.3, 0.4) is 0 Å². The second-order valence-corrected chi connectivity index (χ2v) is 20.3. The first-order chi connectivity index (χ1) is 11.6. The standard InChI is InChI=1S/C20H21.C2H6Si.2ClH.Zr/c1-3-4-6-16-13-18-7-5-8-19(20(18)14-16)17-11-9-15(2)10-12-17;1-3-2;;;/h5,7-14H,3-4,6H2,1-2H3;1-2H3;2*1H;/q;;;;+2/p-2. The molecule has 0 nitrogen and oxygen atoms in total. The van der Waals surface area contributed by atoms with Gasteiger partial charge in [0.15, 0.2) is 0 Å². The zero-order chi connectivity index (χ0) is 17.1. The molecule has 137 valence electrons. The first-order valence-corrected chi connectivity index (χ1v) is 16.7. The minimum absolute atomic E-state index is 0. The summed E-state index contributed by atoms with van der Waals surface area (Å²) >= 11 is -0.343. The van der Waals surface area contributed by atoms with Crippen LogP contribution in [0.15, 0.2) is 48.0 Å². The SMILES string of the molecule is CCCCC1=Cc2c(-c3ccc(C)cc3)cccc2[CH]1[Zr+2][Si](C)C.[Cl-].[Cl-]. The monoisotopic (exact) mass is 479 g/mol. The molecular weight excluding hydrogens is 454 g/mol. The molecule has 0 N–H and O–H groups in total. The van der Waals surface area contributed by atoms with Gasteiger partial charge in [0.1, 0.15) is 0 Å². The van der Waals surface area contributed by atoms with Gasteiger partial charge >= 0.3 is 160 Å². The fourth-order valence-corrected chi connectivity index (χ4v) is 12.4. The van der Waals surface area contributed by atoms with E-state index in [9.17, 15) is 0 Å². The summed E-state index contributed by atoms with van der Waals surface area (Å²) in [5.41, 5.74) is 9.07. The molecule has 1 unspecified atom stereocenters. The average molecular weight is 482 g/mol. The first-order valence-electron chi connectivity index (χ1n) is 9.07. The Morgan fingerprint density at radius 2 is 1.69 bits per heavy atom. The Hall–Kier alpha value is -0.140. The molecule has 0 spiro atoms. The predicted molar refractivity (Wildman–Crippen MR) is 104 cm³/mol. The Labute approximate surface area is 183 Å². The summed E-state index contributed by atoms with van der Waals surface area (Å²) in [5, 5.41) is 0. The molecule has 4 heteroatoms. The van der Waals surface area contributed by atoms with Crippen molar-refractivity contribution in [3.05, 3.63) is 64.7 Å². The molecule has 26 heavy (non-hydrogen) atoms. The maximum Gasteiger partial charge on any atom is -1.00 e. The number of hydrogen-bond donors (Lipinski definition) is 0. The molecule has 0 amide bonds. The first kappa shape index (κ1) is 23.9. The van der Waals surface area contributed by atoms with Crippen molar-refractivity contribution in [1.82, 2.24) is 0 Å². The number of hydrogen-bond acceptors (Lipinski definition) is 0. The average Bonchev–Trinajstić information content (AvgIpc) is 2.91. The van der Waals surface area contributed by atoms with E-state index in [1.807, 2.05) is 0 Å². The summed E-state index contributed by atoms with van der Waals surface area (Å²) in [5.74, 6) is -0.0693. The maximum atomic E-state index is 2.57. The minimum Gasteiger partial charge on any atom is -1.00 e. The van der Waals surface area contributed by atoms with Crippen molar-refractivity contribution in [3.8, 4) is 11.1 Å².